The molecule has 23 heavy (non-hydrogen) atoms. The first-order valence-electron chi connectivity index (χ1n) is 7.07. The molecule has 0 bridgehead atoms. The maximum absolute atomic E-state index is 5.90. The minimum Gasteiger partial charge on any atom is -0.471 e. The highest BCUT2D eigenvalue weighted by Crippen LogP contribution is 2.25. The van der Waals surface area contributed by atoms with Crippen molar-refractivity contribution in [2.24, 2.45) is 0 Å². The average Bonchev–Trinajstić information content (AvgIpc) is 3.25. The molecule has 4 heterocycles. The summed E-state index contributed by atoms with van der Waals surface area (Å²) in [5.41, 5.74) is 4.33. The zero-order chi connectivity index (χ0) is 15.6. The summed E-state index contributed by atoms with van der Waals surface area (Å²) in [4.78, 5) is 13.1. The normalized spacial score (nSPS) is 11.0. The summed E-state index contributed by atoms with van der Waals surface area (Å²) in [5.74, 6) is 0.628. The second kappa shape index (κ2) is 5.77. The van der Waals surface area contributed by atoms with Gasteiger partial charge in [-0.25, -0.2) is 4.98 Å². The van der Waals surface area contributed by atoms with Crippen molar-refractivity contribution in [3.05, 3.63) is 58.9 Å². The summed E-state index contributed by atoms with van der Waals surface area (Å²) in [6.07, 6.45) is 5.15. The number of aromatic nitrogens is 5. The molecule has 0 saturated heterocycles. The van der Waals surface area contributed by atoms with Gasteiger partial charge in [-0.1, -0.05) is 0 Å². The summed E-state index contributed by atoms with van der Waals surface area (Å²) >= 11 is 1.64. The zero-order valence-electron chi connectivity index (χ0n) is 12.4. The highest BCUT2D eigenvalue weighted by atomic mass is 32.1. The van der Waals surface area contributed by atoms with Gasteiger partial charge in [-0.3, -0.25) is 9.97 Å². The quantitative estimate of drug-likeness (QED) is 0.577. The molecule has 0 aliphatic rings. The molecule has 0 spiro atoms. The maximum Gasteiger partial charge on any atom is 0.219 e. The van der Waals surface area contributed by atoms with Crippen LogP contribution in [-0.2, 0) is 6.61 Å². The van der Waals surface area contributed by atoms with E-state index in [2.05, 4.69) is 25.4 Å². The van der Waals surface area contributed by atoms with Gasteiger partial charge in [0.05, 0.1) is 29.5 Å². The second-order valence-corrected chi connectivity index (χ2v) is 5.81. The van der Waals surface area contributed by atoms with E-state index in [-0.39, 0.29) is 0 Å². The topological polar surface area (TPSA) is 65.2 Å². The second-order valence-electron chi connectivity index (χ2n) is 5.03. The highest BCUT2D eigenvalue weighted by Gasteiger charge is 2.10. The molecule has 114 valence electrons. The number of thiophene rings is 1. The van der Waals surface area contributed by atoms with Crippen molar-refractivity contribution in [2.75, 3.05) is 0 Å². The Labute approximate surface area is 136 Å². The van der Waals surface area contributed by atoms with Gasteiger partial charge in [-0.05, 0) is 18.4 Å². The molecule has 0 amide bonds. The van der Waals surface area contributed by atoms with Crippen LogP contribution in [0.2, 0.25) is 0 Å². The Morgan fingerprint density at radius 2 is 2.17 bits per heavy atom. The maximum atomic E-state index is 5.90. The number of hydrogen-bond acceptors (Lipinski definition) is 6. The Balaban J connectivity index is 1.67. The first-order chi connectivity index (χ1) is 11.3. The van der Waals surface area contributed by atoms with Crippen molar-refractivity contribution >= 4 is 17.0 Å². The predicted molar refractivity (Wildman–Crippen MR) is 87.4 cm³/mol. The Bertz CT molecular complexity index is 931. The minimum absolute atomic E-state index is 0.329. The monoisotopic (exact) mass is 323 g/mol. The summed E-state index contributed by atoms with van der Waals surface area (Å²) in [6, 6.07) is 5.78. The number of hydrogen-bond donors (Lipinski definition) is 0. The Hall–Kier alpha value is -2.80. The smallest absolute Gasteiger partial charge is 0.219 e. The van der Waals surface area contributed by atoms with Crippen molar-refractivity contribution < 1.29 is 4.74 Å². The minimum atomic E-state index is 0.329. The van der Waals surface area contributed by atoms with Gasteiger partial charge in [0.15, 0.2) is 5.65 Å². The van der Waals surface area contributed by atoms with Crippen LogP contribution in [0, 0.1) is 6.92 Å². The number of rotatable bonds is 4. The van der Waals surface area contributed by atoms with Crippen LogP contribution in [0.3, 0.4) is 0 Å². The summed E-state index contributed by atoms with van der Waals surface area (Å²) in [6.45, 7) is 2.23. The third-order valence-electron chi connectivity index (χ3n) is 3.35. The summed E-state index contributed by atoms with van der Waals surface area (Å²) < 4.78 is 7.58. The third-order valence-corrected chi connectivity index (χ3v) is 4.03. The third kappa shape index (κ3) is 2.78. The standard InChI is InChI=1S/C16H13N5OS/c1-11-7-18-13(8-17-11)9-22-16-6-14(12-3-5-23-10-12)20-15-2-4-19-21(15)16/h2-8,10H,9H2,1H3. The average molecular weight is 323 g/mol. The van der Waals surface area contributed by atoms with Gasteiger partial charge in [0.25, 0.3) is 0 Å². The lowest BCUT2D eigenvalue weighted by Crippen LogP contribution is -2.05. The van der Waals surface area contributed by atoms with Crippen LogP contribution in [-0.4, -0.2) is 24.6 Å². The van der Waals surface area contributed by atoms with Gasteiger partial charge < -0.3 is 4.74 Å². The Morgan fingerprint density at radius 1 is 1.22 bits per heavy atom. The van der Waals surface area contributed by atoms with Crippen LogP contribution in [0.4, 0.5) is 0 Å². The molecule has 0 unspecified atom stereocenters. The van der Waals surface area contributed by atoms with Crippen molar-refractivity contribution in [3.63, 3.8) is 0 Å². The molecule has 0 radical (unpaired) electrons. The van der Waals surface area contributed by atoms with Crippen LogP contribution >= 0.6 is 11.3 Å². The largest absolute Gasteiger partial charge is 0.471 e. The van der Waals surface area contributed by atoms with Gasteiger partial charge in [-0.15, -0.1) is 0 Å². The summed E-state index contributed by atoms with van der Waals surface area (Å²) in [7, 11) is 0. The molecule has 4 rings (SSSR count). The Kier molecular flexibility index (Phi) is 3.47. The first-order valence-corrected chi connectivity index (χ1v) is 8.01. The summed E-state index contributed by atoms with van der Waals surface area (Å²) in [5, 5.41) is 8.35. The zero-order valence-corrected chi connectivity index (χ0v) is 13.2. The van der Waals surface area contributed by atoms with Crippen LogP contribution in [0.15, 0.2) is 47.5 Å². The van der Waals surface area contributed by atoms with E-state index in [4.69, 9.17) is 4.74 Å². The van der Waals surface area contributed by atoms with E-state index in [0.29, 0.717) is 12.5 Å². The van der Waals surface area contributed by atoms with E-state index >= 15 is 0 Å². The van der Waals surface area contributed by atoms with Gasteiger partial charge in [0, 0.05) is 29.3 Å². The lowest BCUT2D eigenvalue weighted by Gasteiger charge is -2.09. The number of fused-ring (bicyclic) bond motifs is 1. The molecular formula is C16H13N5OS. The van der Waals surface area contributed by atoms with E-state index in [1.807, 2.05) is 30.5 Å². The van der Waals surface area contributed by atoms with Crippen LogP contribution in [0.5, 0.6) is 5.88 Å². The molecule has 0 aliphatic heterocycles. The molecule has 0 N–H and O–H groups in total. The molecule has 4 aromatic heterocycles. The molecule has 0 aromatic carbocycles. The molecule has 7 heteroatoms. The van der Waals surface area contributed by atoms with Crippen LogP contribution in [0.25, 0.3) is 16.9 Å². The van der Waals surface area contributed by atoms with Gasteiger partial charge in [0.2, 0.25) is 5.88 Å². The fourth-order valence-electron chi connectivity index (χ4n) is 2.19. The van der Waals surface area contributed by atoms with E-state index in [1.165, 1.54) is 0 Å². The van der Waals surface area contributed by atoms with E-state index in [1.54, 1.807) is 34.4 Å². The van der Waals surface area contributed by atoms with Crippen molar-refractivity contribution in [2.45, 2.75) is 13.5 Å². The van der Waals surface area contributed by atoms with Crippen molar-refractivity contribution in [1.82, 2.24) is 24.6 Å². The highest BCUT2D eigenvalue weighted by molar-refractivity contribution is 7.08. The molecular weight excluding hydrogens is 310 g/mol. The number of nitrogens with zero attached hydrogens (tertiary/aromatic N) is 5. The molecule has 0 aliphatic carbocycles. The van der Waals surface area contributed by atoms with E-state index in [0.717, 1.165) is 28.3 Å². The van der Waals surface area contributed by atoms with Crippen molar-refractivity contribution in [1.29, 1.82) is 0 Å². The Morgan fingerprint density at radius 3 is 2.96 bits per heavy atom. The lowest BCUT2D eigenvalue weighted by molar-refractivity contribution is 0.280. The lowest BCUT2D eigenvalue weighted by atomic mass is 10.2. The molecule has 0 fully saturated rings. The first kappa shape index (κ1) is 13.8. The fourth-order valence-corrected chi connectivity index (χ4v) is 2.84. The van der Waals surface area contributed by atoms with Gasteiger partial charge >= 0.3 is 0 Å². The molecule has 0 atom stereocenters. The van der Waals surface area contributed by atoms with E-state index in [9.17, 15) is 0 Å². The SMILES string of the molecule is Cc1cnc(COc2cc(-c3ccsc3)nc3ccnn23)cn1. The molecule has 6 nitrogen and oxygen atoms in total. The molecule has 4 aromatic rings. The predicted octanol–water partition coefficient (Wildman–Crippen LogP) is 3.14. The number of ether oxygens (including phenoxy) is 1. The van der Waals surface area contributed by atoms with E-state index < -0.39 is 0 Å². The van der Waals surface area contributed by atoms with Crippen molar-refractivity contribution in [3.8, 4) is 17.1 Å². The van der Waals surface area contributed by atoms with Gasteiger partial charge in [0.1, 0.15) is 6.61 Å². The fraction of sp³-hybridized carbons (Fsp3) is 0.125. The number of aryl methyl sites for hydroxylation is 1. The van der Waals surface area contributed by atoms with Crippen LogP contribution in [0.1, 0.15) is 11.4 Å². The molecule has 0 saturated carbocycles. The van der Waals surface area contributed by atoms with Crippen LogP contribution < -0.4 is 4.74 Å². The van der Waals surface area contributed by atoms with Gasteiger partial charge in [-0.2, -0.15) is 21.0 Å².